The Hall–Kier alpha value is -1.04. The van der Waals surface area contributed by atoms with Gasteiger partial charge in [0.2, 0.25) is 5.91 Å². The van der Waals surface area contributed by atoms with E-state index in [4.69, 9.17) is 5.26 Å². The van der Waals surface area contributed by atoms with Gasteiger partial charge in [0.05, 0.1) is 6.07 Å². The van der Waals surface area contributed by atoms with E-state index in [1.165, 1.54) is 0 Å². The standard InChI is InChI=1S/C10H16N2O/c1-9-5-4-8-12(10(9)13)7-3-2-6-11/h9H,2-5,7-8H2,1H3. The molecule has 1 heterocycles. The van der Waals surface area contributed by atoms with Gasteiger partial charge in [-0.3, -0.25) is 4.79 Å². The molecule has 1 fully saturated rings. The Bertz CT molecular complexity index is 219. The molecule has 0 aromatic carbocycles. The minimum atomic E-state index is 0.191. The Kier molecular flexibility index (Phi) is 3.75. The lowest BCUT2D eigenvalue weighted by Crippen LogP contribution is -2.40. The molecule has 0 spiro atoms. The van der Waals surface area contributed by atoms with Crippen LogP contribution in [-0.2, 0) is 4.79 Å². The van der Waals surface area contributed by atoms with Crippen LogP contribution in [0.1, 0.15) is 32.6 Å². The Balaban J connectivity index is 2.32. The molecule has 0 bridgehead atoms. The van der Waals surface area contributed by atoms with Crippen LogP contribution in [0.15, 0.2) is 0 Å². The minimum Gasteiger partial charge on any atom is -0.342 e. The summed E-state index contributed by atoms with van der Waals surface area (Å²) in [6, 6.07) is 2.10. The van der Waals surface area contributed by atoms with Crippen molar-refractivity contribution >= 4 is 5.91 Å². The lowest BCUT2D eigenvalue weighted by Gasteiger charge is -2.30. The fourth-order valence-electron chi connectivity index (χ4n) is 1.70. The third kappa shape index (κ3) is 2.73. The molecule has 0 aliphatic carbocycles. The third-order valence-corrected chi connectivity index (χ3v) is 2.52. The molecule has 0 N–H and O–H groups in total. The Morgan fingerprint density at radius 3 is 3.15 bits per heavy atom. The Morgan fingerprint density at radius 1 is 1.69 bits per heavy atom. The molecule has 1 rings (SSSR count). The van der Waals surface area contributed by atoms with E-state index >= 15 is 0 Å². The average molecular weight is 180 g/mol. The van der Waals surface area contributed by atoms with Crippen molar-refractivity contribution in [3.63, 3.8) is 0 Å². The molecular formula is C10H16N2O. The first kappa shape index (κ1) is 10.0. The summed E-state index contributed by atoms with van der Waals surface area (Å²) in [5.41, 5.74) is 0. The highest BCUT2D eigenvalue weighted by Gasteiger charge is 2.24. The van der Waals surface area contributed by atoms with E-state index in [1.807, 2.05) is 11.8 Å². The lowest BCUT2D eigenvalue weighted by molar-refractivity contribution is -0.137. The molecule has 72 valence electrons. The zero-order valence-corrected chi connectivity index (χ0v) is 8.12. The number of hydrogen-bond acceptors (Lipinski definition) is 2. The number of nitriles is 1. The highest BCUT2D eigenvalue weighted by atomic mass is 16.2. The van der Waals surface area contributed by atoms with Crippen molar-refractivity contribution in [2.45, 2.75) is 32.6 Å². The third-order valence-electron chi connectivity index (χ3n) is 2.52. The number of rotatable bonds is 3. The molecular weight excluding hydrogens is 164 g/mol. The van der Waals surface area contributed by atoms with Gasteiger partial charge in [0.1, 0.15) is 0 Å². The summed E-state index contributed by atoms with van der Waals surface area (Å²) in [5.74, 6) is 0.458. The van der Waals surface area contributed by atoms with Crippen LogP contribution in [0, 0.1) is 17.2 Å². The van der Waals surface area contributed by atoms with Crippen LogP contribution in [-0.4, -0.2) is 23.9 Å². The van der Waals surface area contributed by atoms with E-state index in [9.17, 15) is 4.79 Å². The fraction of sp³-hybridized carbons (Fsp3) is 0.800. The molecule has 1 atom stereocenters. The van der Waals surface area contributed by atoms with Crippen molar-refractivity contribution in [3.8, 4) is 6.07 Å². The van der Waals surface area contributed by atoms with E-state index in [0.717, 1.165) is 32.4 Å². The van der Waals surface area contributed by atoms with Crippen LogP contribution in [0.25, 0.3) is 0 Å². The van der Waals surface area contributed by atoms with Crippen molar-refractivity contribution < 1.29 is 4.79 Å². The average Bonchev–Trinajstić information content (AvgIpc) is 2.13. The lowest BCUT2D eigenvalue weighted by atomic mass is 9.99. The maximum Gasteiger partial charge on any atom is 0.225 e. The smallest absolute Gasteiger partial charge is 0.225 e. The first-order chi connectivity index (χ1) is 6.25. The fourth-order valence-corrected chi connectivity index (χ4v) is 1.70. The predicted octanol–water partition coefficient (Wildman–Crippen LogP) is 1.55. The second-order valence-corrected chi connectivity index (χ2v) is 3.63. The van der Waals surface area contributed by atoms with Gasteiger partial charge in [-0.15, -0.1) is 0 Å². The van der Waals surface area contributed by atoms with Gasteiger partial charge in [0.25, 0.3) is 0 Å². The van der Waals surface area contributed by atoms with Crippen molar-refractivity contribution in [1.29, 1.82) is 5.26 Å². The van der Waals surface area contributed by atoms with Gasteiger partial charge < -0.3 is 4.90 Å². The summed E-state index contributed by atoms with van der Waals surface area (Å²) in [5, 5.41) is 8.36. The van der Waals surface area contributed by atoms with Crippen molar-refractivity contribution in [3.05, 3.63) is 0 Å². The van der Waals surface area contributed by atoms with E-state index in [1.54, 1.807) is 0 Å². The van der Waals surface area contributed by atoms with Crippen LogP contribution in [0.2, 0.25) is 0 Å². The summed E-state index contributed by atoms with van der Waals surface area (Å²) in [6.45, 7) is 3.63. The minimum absolute atomic E-state index is 0.191. The van der Waals surface area contributed by atoms with E-state index in [0.29, 0.717) is 6.42 Å². The summed E-state index contributed by atoms with van der Waals surface area (Å²) >= 11 is 0. The molecule has 0 aromatic heterocycles. The van der Waals surface area contributed by atoms with Gasteiger partial charge in [0, 0.05) is 25.4 Å². The van der Waals surface area contributed by atoms with Crippen LogP contribution in [0.4, 0.5) is 0 Å². The van der Waals surface area contributed by atoms with Crippen molar-refractivity contribution in [2.24, 2.45) is 5.92 Å². The topological polar surface area (TPSA) is 44.1 Å². The first-order valence-corrected chi connectivity index (χ1v) is 4.91. The van der Waals surface area contributed by atoms with Gasteiger partial charge in [-0.1, -0.05) is 6.92 Å². The normalized spacial score (nSPS) is 22.9. The molecule has 1 amide bonds. The summed E-state index contributed by atoms with van der Waals surface area (Å²) in [6.07, 6.45) is 3.50. The number of amides is 1. The van der Waals surface area contributed by atoms with Gasteiger partial charge in [-0.25, -0.2) is 0 Å². The maximum atomic E-state index is 11.6. The van der Waals surface area contributed by atoms with E-state index in [-0.39, 0.29) is 11.8 Å². The molecule has 13 heavy (non-hydrogen) atoms. The van der Waals surface area contributed by atoms with Gasteiger partial charge in [-0.2, -0.15) is 5.26 Å². The highest BCUT2D eigenvalue weighted by Crippen LogP contribution is 2.17. The number of hydrogen-bond donors (Lipinski definition) is 0. The predicted molar refractivity (Wildman–Crippen MR) is 49.8 cm³/mol. The van der Waals surface area contributed by atoms with E-state index in [2.05, 4.69) is 6.07 Å². The SMILES string of the molecule is CC1CCCN(CCCC#N)C1=O. The number of piperidine rings is 1. The van der Waals surface area contributed by atoms with Gasteiger partial charge >= 0.3 is 0 Å². The summed E-state index contributed by atoms with van der Waals surface area (Å²) < 4.78 is 0. The molecule has 0 saturated carbocycles. The van der Waals surface area contributed by atoms with Crippen LogP contribution < -0.4 is 0 Å². The largest absolute Gasteiger partial charge is 0.342 e. The summed E-state index contributed by atoms with van der Waals surface area (Å²) in [4.78, 5) is 13.5. The van der Waals surface area contributed by atoms with Crippen LogP contribution in [0.3, 0.4) is 0 Å². The zero-order chi connectivity index (χ0) is 9.68. The monoisotopic (exact) mass is 180 g/mol. The molecule has 3 heteroatoms. The van der Waals surface area contributed by atoms with Gasteiger partial charge in [0.15, 0.2) is 0 Å². The van der Waals surface area contributed by atoms with Gasteiger partial charge in [-0.05, 0) is 19.3 Å². The molecule has 1 aliphatic rings. The number of carbonyl (C=O) groups excluding carboxylic acids is 1. The molecule has 1 saturated heterocycles. The number of unbranched alkanes of at least 4 members (excludes halogenated alkanes) is 1. The maximum absolute atomic E-state index is 11.6. The number of carbonyl (C=O) groups is 1. The van der Waals surface area contributed by atoms with Crippen LogP contribution in [0.5, 0.6) is 0 Å². The molecule has 1 aliphatic heterocycles. The summed E-state index contributed by atoms with van der Waals surface area (Å²) in [7, 11) is 0. The van der Waals surface area contributed by atoms with Crippen LogP contribution >= 0.6 is 0 Å². The molecule has 3 nitrogen and oxygen atoms in total. The van der Waals surface area contributed by atoms with Crippen molar-refractivity contribution in [2.75, 3.05) is 13.1 Å². The second kappa shape index (κ2) is 4.86. The molecule has 1 unspecified atom stereocenters. The molecule has 0 radical (unpaired) electrons. The first-order valence-electron chi connectivity index (χ1n) is 4.91. The highest BCUT2D eigenvalue weighted by molar-refractivity contribution is 5.79. The number of likely N-dealkylation sites (tertiary alicyclic amines) is 1. The molecule has 0 aromatic rings. The second-order valence-electron chi connectivity index (χ2n) is 3.63. The Morgan fingerprint density at radius 2 is 2.46 bits per heavy atom. The quantitative estimate of drug-likeness (QED) is 0.618. The Labute approximate surface area is 79.3 Å². The number of nitrogens with zero attached hydrogens (tertiary/aromatic N) is 2. The van der Waals surface area contributed by atoms with E-state index < -0.39 is 0 Å². The van der Waals surface area contributed by atoms with Crippen molar-refractivity contribution in [1.82, 2.24) is 4.90 Å². The zero-order valence-electron chi connectivity index (χ0n) is 8.12.